The van der Waals surface area contributed by atoms with Crippen molar-refractivity contribution in [3.05, 3.63) is 23.8 Å². The van der Waals surface area contributed by atoms with Crippen molar-refractivity contribution in [2.45, 2.75) is 25.8 Å². The molecule has 1 aliphatic rings. The number of rotatable bonds is 5. The Bertz CT molecular complexity index is 447. The lowest BCUT2D eigenvalue weighted by Gasteiger charge is -2.14. The van der Waals surface area contributed by atoms with Gasteiger partial charge in [-0.1, -0.05) is 13.0 Å². The molecule has 3 N–H and O–H groups in total. The Morgan fingerprint density at radius 3 is 2.89 bits per heavy atom. The Hall–Kier alpha value is -1.75. The fraction of sp³-hybridized carbons (Fsp3) is 0.462. The summed E-state index contributed by atoms with van der Waals surface area (Å²) in [7, 11) is 0. The van der Waals surface area contributed by atoms with E-state index in [1.165, 1.54) is 0 Å². The highest BCUT2D eigenvalue weighted by atomic mass is 16.7. The first kappa shape index (κ1) is 12.7. The summed E-state index contributed by atoms with van der Waals surface area (Å²) in [4.78, 5) is 10.7. The number of carboxylic acid groups (broad SMARTS) is 1. The number of nitrogens with two attached hydrogens (primary N) is 1. The number of carboxylic acids is 1. The van der Waals surface area contributed by atoms with Crippen LogP contribution in [0.4, 0.5) is 0 Å². The molecule has 5 nitrogen and oxygen atoms in total. The zero-order valence-electron chi connectivity index (χ0n) is 10.3. The van der Waals surface area contributed by atoms with E-state index in [0.717, 1.165) is 23.5 Å². The Morgan fingerprint density at radius 1 is 1.44 bits per heavy atom. The van der Waals surface area contributed by atoms with Crippen LogP contribution in [0.25, 0.3) is 0 Å². The molecule has 0 radical (unpaired) electrons. The average molecular weight is 251 g/mol. The van der Waals surface area contributed by atoms with Crippen LogP contribution in [-0.2, 0) is 11.2 Å². The quantitative estimate of drug-likeness (QED) is 0.826. The van der Waals surface area contributed by atoms with Crippen LogP contribution in [0.5, 0.6) is 11.5 Å². The maximum Gasteiger partial charge on any atom is 0.320 e. The number of ether oxygens (including phenoxy) is 2. The number of fused-ring (bicyclic) bond motifs is 1. The van der Waals surface area contributed by atoms with Gasteiger partial charge in [0, 0.05) is 0 Å². The molecule has 2 rings (SSSR count). The van der Waals surface area contributed by atoms with Crippen molar-refractivity contribution >= 4 is 5.97 Å². The van der Waals surface area contributed by atoms with Crippen molar-refractivity contribution in [2.75, 3.05) is 6.79 Å². The average Bonchev–Trinajstić information content (AvgIpc) is 2.75. The molecule has 2 unspecified atom stereocenters. The van der Waals surface area contributed by atoms with Crippen molar-refractivity contribution in [1.82, 2.24) is 0 Å². The number of carbonyl (C=O) groups is 1. The van der Waals surface area contributed by atoms with Crippen LogP contribution in [0.1, 0.15) is 18.9 Å². The molecule has 0 aliphatic carbocycles. The Morgan fingerprint density at radius 2 is 2.17 bits per heavy atom. The lowest BCUT2D eigenvalue weighted by atomic mass is 9.94. The zero-order valence-corrected chi connectivity index (χ0v) is 10.3. The topological polar surface area (TPSA) is 81.8 Å². The highest BCUT2D eigenvalue weighted by Crippen LogP contribution is 2.33. The minimum absolute atomic E-state index is 0.205. The minimum atomic E-state index is -0.951. The molecule has 0 spiro atoms. The molecule has 0 amide bonds. The standard InChI is InChI=1S/C13H17NO4/c1-8(5-10(14)13(15)16)4-9-2-3-11-12(6-9)18-7-17-11/h2-3,6,8,10H,4-5,7,14H2,1H3,(H,15,16). The lowest BCUT2D eigenvalue weighted by molar-refractivity contribution is -0.138. The summed E-state index contributed by atoms with van der Waals surface area (Å²) in [5.74, 6) is 0.764. The number of aliphatic carboxylic acids is 1. The first-order valence-corrected chi connectivity index (χ1v) is 5.93. The van der Waals surface area contributed by atoms with Gasteiger partial charge >= 0.3 is 5.97 Å². The molecule has 0 bridgehead atoms. The zero-order chi connectivity index (χ0) is 13.1. The summed E-state index contributed by atoms with van der Waals surface area (Å²) in [5, 5.41) is 8.76. The Balaban J connectivity index is 1.95. The van der Waals surface area contributed by atoms with E-state index in [9.17, 15) is 4.79 Å². The van der Waals surface area contributed by atoms with Crippen LogP contribution in [0, 0.1) is 5.92 Å². The minimum Gasteiger partial charge on any atom is -0.480 e. The Labute approximate surface area is 106 Å². The van der Waals surface area contributed by atoms with Crippen LogP contribution in [0.15, 0.2) is 18.2 Å². The van der Waals surface area contributed by atoms with Gasteiger partial charge in [0.1, 0.15) is 6.04 Å². The van der Waals surface area contributed by atoms with E-state index in [1.54, 1.807) is 0 Å². The summed E-state index contributed by atoms with van der Waals surface area (Å²) >= 11 is 0. The predicted octanol–water partition coefficient (Wildman–Crippen LogP) is 1.40. The molecule has 5 heteroatoms. The fourth-order valence-electron chi connectivity index (χ4n) is 2.09. The van der Waals surface area contributed by atoms with Gasteiger partial charge in [0.2, 0.25) is 6.79 Å². The Kier molecular flexibility index (Phi) is 3.72. The van der Waals surface area contributed by atoms with Gasteiger partial charge in [-0.05, 0) is 36.5 Å². The van der Waals surface area contributed by atoms with Gasteiger partial charge < -0.3 is 20.3 Å². The van der Waals surface area contributed by atoms with Gasteiger partial charge in [-0.15, -0.1) is 0 Å². The summed E-state index contributed by atoms with van der Waals surface area (Å²) in [6.45, 7) is 2.26. The third-order valence-electron chi connectivity index (χ3n) is 2.99. The third kappa shape index (κ3) is 2.92. The van der Waals surface area contributed by atoms with Gasteiger partial charge in [-0.2, -0.15) is 0 Å². The summed E-state index contributed by atoms with van der Waals surface area (Å²) in [5.41, 5.74) is 6.62. The van der Waals surface area contributed by atoms with Crippen molar-refractivity contribution in [1.29, 1.82) is 0 Å². The van der Waals surface area contributed by atoms with E-state index in [2.05, 4.69) is 0 Å². The molecule has 0 fully saturated rings. The molecule has 1 aliphatic heterocycles. The van der Waals surface area contributed by atoms with Crippen molar-refractivity contribution in [3.8, 4) is 11.5 Å². The monoisotopic (exact) mass is 251 g/mol. The molecule has 1 aromatic carbocycles. The molecular weight excluding hydrogens is 234 g/mol. The van der Waals surface area contributed by atoms with E-state index < -0.39 is 12.0 Å². The number of benzene rings is 1. The van der Waals surface area contributed by atoms with E-state index in [1.807, 2.05) is 25.1 Å². The van der Waals surface area contributed by atoms with Gasteiger partial charge in [-0.3, -0.25) is 4.79 Å². The van der Waals surface area contributed by atoms with Gasteiger partial charge in [-0.25, -0.2) is 0 Å². The van der Waals surface area contributed by atoms with Crippen LogP contribution >= 0.6 is 0 Å². The SMILES string of the molecule is CC(Cc1ccc2c(c1)OCO2)CC(N)C(=O)O. The number of hydrogen-bond donors (Lipinski definition) is 2. The highest BCUT2D eigenvalue weighted by molar-refractivity contribution is 5.73. The van der Waals surface area contributed by atoms with Gasteiger partial charge in [0.05, 0.1) is 0 Å². The molecule has 1 aromatic rings. The molecule has 0 saturated carbocycles. The highest BCUT2D eigenvalue weighted by Gasteiger charge is 2.18. The second kappa shape index (κ2) is 5.27. The van der Waals surface area contributed by atoms with Crippen LogP contribution in [0.2, 0.25) is 0 Å². The number of hydrogen-bond acceptors (Lipinski definition) is 4. The van der Waals surface area contributed by atoms with Gasteiger partial charge in [0.25, 0.3) is 0 Å². The molecule has 2 atom stereocenters. The smallest absolute Gasteiger partial charge is 0.320 e. The normalized spacial score (nSPS) is 16.3. The van der Waals surface area contributed by atoms with E-state index in [-0.39, 0.29) is 12.7 Å². The van der Waals surface area contributed by atoms with E-state index in [4.69, 9.17) is 20.3 Å². The largest absolute Gasteiger partial charge is 0.480 e. The van der Waals surface area contributed by atoms with Gasteiger partial charge in [0.15, 0.2) is 11.5 Å². The predicted molar refractivity (Wildman–Crippen MR) is 65.7 cm³/mol. The van der Waals surface area contributed by atoms with Crippen molar-refractivity contribution < 1.29 is 19.4 Å². The van der Waals surface area contributed by atoms with Crippen LogP contribution in [0.3, 0.4) is 0 Å². The third-order valence-corrected chi connectivity index (χ3v) is 2.99. The lowest BCUT2D eigenvalue weighted by Crippen LogP contribution is -2.32. The first-order valence-electron chi connectivity index (χ1n) is 5.93. The van der Waals surface area contributed by atoms with Crippen LogP contribution < -0.4 is 15.2 Å². The molecule has 18 heavy (non-hydrogen) atoms. The summed E-state index contributed by atoms with van der Waals surface area (Å²) in [6, 6.07) is 4.98. The summed E-state index contributed by atoms with van der Waals surface area (Å²) in [6.07, 6.45) is 1.24. The second-order valence-corrected chi connectivity index (χ2v) is 4.68. The van der Waals surface area contributed by atoms with E-state index in [0.29, 0.717) is 6.42 Å². The molecule has 0 saturated heterocycles. The van der Waals surface area contributed by atoms with Crippen LogP contribution in [-0.4, -0.2) is 23.9 Å². The first-order chi connectivity index (χ1) is 8.56. The fourth-order valence-corrected chi connectivity index (χ4v) is 2.09. The maximum atomic E-state index is 10.7. The maximum absolute atomic E-state index is 10.7. The molecular formula is C13H17NO4. The second-order valence-electron chi connectivity index (χ2n) is 4.68. The van der Waals surface area contributed by atoms with E-state index >= 15 is 0 Å². The molecule has 1 heterocycles. The van der Waals surface area contributed by atoms with Crippen molar-refractivity contribution in [2.24, 2.45) is 11.7 Å². The molecule has 98 valence electrons. The molecule has 0 aromatic heterocycles. The van der Waals surface area contributed by atoms with Crippen molar-refractivity contribution in [3.63, 3.8) is 0 Å². The summed E-state index contributed by atoms with van der Waals surface area (Å²) < 4.78 is 10.5.